The number of carboxylic acids is 2. The van der Waals surface area contributed by atoms with Gasteiger partial charge < -0.3 is 19.8 Å². The van der Waals surface area contributed by atoms with Crippen molar-refractivity contribution in [3.63, 3.8) is 0 Å². The molecule has 6 heteroatoms. The van der Waals surface area contributed by atoms with E-state index in [1.165, 1.54) is 16.6 Å². The van der Waals surface area contributed by atoms with Gasteiger partial charge in [-0.25, -0.2) is 0 Å². The zero-order valence-electron chi connectivity index (χ0n) is 10.8. The molecule has 0 aromatic carbocycles. The number of aliphatic carboxylic acids is 2. The van der Waals surface area contributed by atoms with Crippen LogP contribution in [0.1, 0.15) is 39.5 Å². The standard InChI is InChI=1S/C12H20O4.Al.H2O/c1-7(2)5-8-3-4-9(11(13)14)10(6-8)12(15)16;;/h7-10H,3-6H2,1-2H3,(H,13,14)(H,15,16);;1H2/q;+3;/p-3. The average Bonchev–Trinajstić information content (AvgIpc) is 2.30. The second-order valence-corrected chi connectivity index (χ2v) is 5.16. The van der Waals surface area contributed by atoms with Gasteiger partial charge in [-0.3, -0.25) is 0 Å². The van der Waals surface area contributed by atoms with Gasteiger partial charge in [0.05, 0.1) is 0 Å². The van der Waals surface area contributed by atoms with Crippen LogP contribution < -0.4 is 10.2 Å². The van der Waals surface area contributed by atoms with Crippen LogP contribution in [-0.4, -0.2) is 32.7 Å². The second-order valence-electron chi connectivity index (χ2n) is 5.16. The second kappa shape index (κ2) is 8.52. The number of hydrogen-bond donors (Lipinski definition) is 1. The number of rotatable bonds is 4. The molecule has 3 unspecified atom stereocenters. The fraction of sp³-hybridized carbons (Fsp3) is 0.833. The van der Waals surface area contributed by atoms with Gasteiger partial charge in [0.1, 0.15) is 0 Å². The fourth-order valence-corrected chi connectivity index (χ4v) is 2.68. The summed E-state index contributed by atoms with van der Waals surface area (Å²) in [5.74, 6) is -3.43. The van der Waals surface area contributed by atoms with Crippen molar-refractivity contribution in [1.82, 2.24) is 0 Å². The Hall–Kier alpha value is -0.568. The van der Waals surface area contributed by atoms with E-state index in [0.29, 0.717) is 24.7 Å². The molecule has 5 nitrogen and oxygen atoms in total. The molecule has 0 aliphatic heterocycles. The van der Waals surface area contributed by atoms with Crippen LogP contribution in [-0.2, 0) is 9.59 Å². The van der Waals surface area contributed by atoms with Crippen molar-refractivity contribution in [3.05, 3.63) is 0 Å². The molecular formula is C12H19AlO5. The minimum atomic E-state index is -1.25. The summed E-state index contributed by atoms with van der Waals surface area (Å²) in [6, 6.07) is 0. The van der Waals surface area contributed by atoms with E-state index in [-0.39, 0.29) is 0 Å². The molecule has 0 amide bonds. The first-order chi connectivity index (χ1) is 8.41. The molecule has 0 radical (unpaired) electrons. The van der Waals surface area contributed by atoms with Crippen molar-refractivity contribution in [3.8, 4) is 0 Å². The van der Waals surface area contributed by atoms with E-state index in [9.17, 15) is 19.8 Å². The third kappa shape index (κ3) is 5.38. The topological polar surface area (TPSA) is 100 Å². The Balaban J connectivity index is 0.00000137. The fourth-order valence-electron chi connectivity index (χ4n) is 2.68. The Kier molecular flexibility index (Phi) is 8.25. The summed E-state index contributed by atoms with van der Waals surface area (Å²) >= 11 is 1.42. The molecule has 1 fully saturated rings. The Morgan fingerprint density at radius 3 is 2.06 bits per heavy atom. The third-order valence-electron chi connectivity index (χ3n) is 3.37. The number of hydrogen-bond acceptors (Lipinski definition) is 5. The van der Waals surface area contributed by atoms with Gasteiger partial charge in [-0.05, 0) is 37.5 Å². The summed E-state index contributed by atoms with van der Waals surface area (Å²) in [4.78, 5) is 21.7. The quantitative estimate of drug-likeness (QED) is 0.635. The summed E-state index contributed by atoms with van der Waals surface area (Å²) in [5.41, 5.74) is 0. The Bertz CT molecular complexity index is 280. The maximum absolute atomic E-state index is 10.9. The van der Waals surface area contributed by atoms with Crippen LogP contribution in [0.4, 0.5) is 0 Å². The predicted molar refractivity (Wildman–Crippen MR) is 61.8 cm³/mol. The molecule has 100 valence electrons. The molecule has 1 aliphatic carbocycles. The summed E-state index contributed by atoms with van der Waals surface area (Å²) in [6.45, 7) is 4.16. The van der Waals surface area contributed by atoms with Crippen LogP contribution in [0.15, 0.2) is 0 Å². The van der Waals surface area contributed by atoms with E-state index in [4.69, 9.17) is 4.16 Å². The molecule has 0 heterocycles. The van der Waals surface area contributed by atoms with Gasteiger partial charge in [-0.1, -0.05) is 13.8 Å². The Morgan fingerprint density at radius 1 is 1.17 bits per heavy atom. The molecule has 18 heavy (non-hydrogen) atoms. The minimum absolute atomic E-state index is 0.304. The predicted octanol–water partition coefficient (Wildman–Crippen LogP) is -1.37. The van der Waals surface area contributed by atoms with Crippen LogP contribution in [0, 0.1) is 23.7 Å². The van der Waals surface area contributed by atoms with Crippen LogP contribution in [0.2, 0.25) is 0 Å². The van der Waals surface area contributed by atoms with E-state index in [2.05, 4.69) is 13.8 Å². The molecule has 0 bridgehead atoms. The molecule has 0 spiro atoms. The summed E-state index contributed by atoms with van der Waals surface area (Å²) in [7, 11) is 0. The van der Waals surface area contributed by atoms with Crippen molar-refractivity contribution in [2.24, 2.45) is 23.7 Å². The first-order valence-electron chi connectivity index (χ1n) is 6.09. The van der Waals surface area contributed by atoms with Crippen molar-refractivity contribution < 1.29 is 24.0 Å². The summed E-state index contributed by atoms with van der Waals surface area (Å²) in [5, 5.41) is 21.7. The molecule has 1 aliphatic rings. The molecule has 0 aromatic heterocycles. The summed E-state index contributed by atoms with van der Waals surface area (Å²) in [6.07, 6.45) is 2.54. The van der Waals surface area contributed by atoms with Gasteiger partial charge in [0.15, 0.2) is 0 Å². The van der Waals surface area contributed by atoms with E-state index in [1.807, 2.05) is 0 Å². The van der Waals surface area contributed by atoms with E-state index in [1.54, 1.807) is 0 Å². The molecule has 3 atom stereocenters. The van der Waals surface area contributed by atoms with Gasteiger partial charge in [0.2, 0.25) is 0 Å². The van der Waals surface area contributed by atoms with E-state index in [0.717, 1.165) is 12.8 Å². The first kappa shape index (κ1) is 17.4. The Labute approximate surface area is 116 Å². The van der Waals surface area contributed by atoms with Crippen molar-refractivity contribution >= 4 is 28.6 Å². The van der Waals surface area contributed by atoms with Crippen molar-refractivity contribution in [2.75, 3.05) is 0 Å². The number of carbonyl (C=O) groups is 2. The zero-order chi connectivity index (χ0) is 14.3. The average molecular weight is 270 g/mol. The molecule has 1 rings (SSSR count). The van der Waals surface area contributed by atoms with Gasteiger partial charge >= 0.3 is 20.8 Å². The molecule has 1 saturated carbocycles. The van der Waals surface area contributed by atoms with Gasteiger partial charge in [0.25, 0.3) is 0 Å². The maximum atomic E-state index is 10.9. The molecular weight excluding hydrogens is 251 g/mol. The van der Waals surface area contributed by atoms with Crippen LogP contribution in [0.5, 0.6) is 0 Å². The van der Waals surface area contributed by atoms with Crippen LogP contribution >= 0.6 is 0 Å². The normalized spacial score (nSPS) is 27.3. The molecule has 0 saturated heterocycles. The molecule has 0 aromatic rings. The van der Waals surface area contributed by atoms with Crippen molar-refractivity contribution in [2.45, 2.75) is 39.5 Å². The zero-order valence-corrected chi connectivity index (χ0v) is 12.0. The number of carboxylic acid groups (broad SMARTS) is 2. The van der Waals surface area contributed by atoms with E-state index < -0.39 is 23.8 Å². The van der Waals surface area contributed by atoms with Gasteiger partial charge in [-0.2, -0.15) is 0 Å². The van der Waals surface area contributed by atoms with E-state index >= 15 is 0 Å². The SMILES string of the molecule is CC(C)CC1CCC(C(=O)[O-])C(C(=O)[O-])C1.[OH][Al+2]. The third-order valence-corrected chi connectivity index (χ3v) is 3.37. The first-order valence-corrected chi connectivity index (χ1v) is 6.61. The number of carbonyl (C=O) groups excluding carboxylic acids is 2. The van der Waals surface area contributed by atoms with Gasteiger partial charge in [-0.15, -0.1) is 0 Å². The van der Waals surface area contributed by atoms with Crippen LogP contribution in [0.25, 0.3) is 0 Å². The van der Waals surface area contributed by atoms with Gasteiger partial charge in [0, 0.05) is 23.8 Å². The monoisotopic (exact) mass is 270 g/mol. The van der Waals surface area contributed by atoms with Crippen LogP contribution in [0.3, 0.4) is 0 Å². The molecule has 1 N–H and O–H groups in total. The summed E-state index contributed by atoms with van der Waals surface area (Å²) < 4.78 is 6.92. The van der Waals surface area contributed by atoms with Crippen molar-refractivity contribution in [1.29, 1.82) is 0 Å². The Morgan fingerprint density at radius 2 is 1.67 bits per heavy atom.